The summed E-state index contributed by atoms with van der Waals surface area (Å²) < 4.78 is 0. The van der Waals surface area contributed by atoms with Crippen molar-refractivity contribution < 1.29 is 9.59 Å². The van der Waals surface area contributed by atoms with Crippen LogP contribution in [0.5, 0.6) is 0 Å². The summed E-state index contributed by atoms with van der Waals surface area (Å²) in [7, 11) is 0. The molecule has 1 heterocycles. The topological polar surface area (TPSA) is 58.2 Å². The van der Waals surface area contributed by atoms with Crippen LogP contribution in [0.3, 0.4) is 0 Å². The first-order chi connectivity index (χ1) is 9.97. The fourth-order valence-corrected chi connectivity index (χ4v) is 2.60. The average molecular weight is 323 g/mol. The number of benzene rings is 1. The van der Waals surface area contributed by atoms with Crippen LogP contribution < -0.4 is 10.6 Å². The second-order valence-electron chi connectivity index (χ2n) is 4.62. The lowest BCUT2D eigenvalue weighted by Gasteiger charge is -2.15. The molecule has 4 nitrogen and oxygen atoms in total. The number of carbonyl (C=O) groups is 2. The Balaban J connectivity index is 1.98. The first-order valence-corrected chi connectivity index (χ1v) is 7.64. The summed E-state index contributed by atoms with van der Waals surface area (Å²) >= 11 is 7.21. The number of amides is 2. The fourth-order valence-electron chi connectivity index (χ4n) is 1.75. The van der Waals surface area contributed by atoms with Crippen molar-refractivity contribution in [1.29, 1.82) is 0 Å². The minimum atomic E-state index is -0.630. The average Bonchev–Trinajstić information content (AvgIpc) is 2.95. The third-order valence-electron chi connectivity index (χ3n) is 2.93. The van der Waals surface area contributed by atoms with Gasteiger partial charge in [-0.15, -0.1) is 11.3 Å². The van der Waals surface area contributed by atoms with Gasteiger partial charge in [-0.1, -0.05) is 17.7 Å². The molecule has 0 aliphatic heterocycles. The Kier molecular flexibility index (Phi) is 4.98. The highest BCUT2D eigenvalue weighted by atomic mass is 35.5. The SMILES string of the molecule is Cc1cc(Cl)ccc1NC(=O)C(C)NC(=O)c1cccs1. The maximum atomic E-state index is 12.1. The highest BCUT2D eigenvalue weighted by molar-refractivity contribution is 7.12. The van der Waals surface area contributed by atoms with Crippen LogP contribution in [0, 0.1) is 6.92 Å². The number of hydrogen-bond acceptors (Lipinski definition) is 3. The van der Waals surface area contributed by atoms with Gasteiger partial charge in [-0.05, 0) is 49.1 Å². The van der Waals surface area contributed by atoms with Crippen LogP contribution >= 0.6 is 22.9 Å². The van der Waals surface area contributed by atoms with Gasteiger partial charge in [-0.2, -0.15) is 0 Å². The predicted octanol–water partition coefficient (Wildman–Crippen LogP) is 3.47. The summed E-state index contributed by atoms with van der Waals surface area (Å²) in [6.45, 7) is 3.50. The van der Waals surface area contributed by atoms with Gasteiger partial charge in [0.25, 0.3) is 5.91 Å². The molecule has 2 N–H and O–H groups in total. The second-order valence-corrected chi connectivity index (χ2v) is 6.01. The van der Waals surface area contributed by atoms with Gasteiger partial charge in [-0.25, -0.2) is 0 Å². The van der Waals surface area contributed by atoms with Crippen LogP contribution in [-0.4, -0.2) is 17.9 Å². The van der Waals surface area contributed by atoms with E-state index in [1.165, 1.54) is 11.3 Å². The standard InChI is InChI=1S/C15H15ClN2O2S/c1-9-8-11(16)5-6-12(9)18-14(19)10(2)17-15(20)13-4-3-7-21-13/h3-8,10H,1-2H3,(H,17,20)(H,18,19). The highest BCUT2D eigenvalue weighted by Gasteiger charge is 2.17. The molecule has 0 spiro atoms. The molecule has 2 rings (SSSR count). The van der Waals surface area contributed by atoms with Crippen molar-refractivity contribution in [2.45, 2.75) is 19.9 Å². The maximum Gasteiger partial charge on any atom is 0.261 e. The molecule has 2 amide bonds. The van der Waals surface area contributed by atoms with Crippen molar-refractivity contribution in [2.24, 2.45) is 0 Å². The van der Waals surface area contributed by atoms with Gasteiger partial charge in [0.05, 0.1) is 4.88 Å². The molecule has 0 saturated heterocycles. The number of carbonyl (C=O) groups excluding carboxylic acids is 2. The Labute approximate surface area is 132 Å². The van der Waals surface area contributed by atoms with Gasteiger partial charge in [0.1, 0.15) is 6.04 Å². The van der Waals surface area contributed by atoms with Crippen molar-refractivity contribution in [1.82, 2.24) is 5.32 Å². The predicted molar refractivity (Wildman–Crippen MR) is 86.1 cm³/mol. The number of halogens is 1. The summed E-state index contributed by atoms with van der Waals surface area (Å²) in [5.74, 6) is -0.522. The summed E-state index contributed by atoms with van der Waals surface area (Å²) in [4.78, 5) is 24.6. The van der Waals surface area contributed by atoms with E-state index in [9.17, 15) is 9.59 Å². The third kappa shape index (κ3) is 4.06. The maximum absolute atomic E-state index is 12.1. The molecule has 2 aromatic rings. The zero-order chi connectivity index (χ0) is 15.4. The van der Waals surface area contributed by atoms with Crippen molar-refractivity contribution >= 4 is 40.4 Å². The molecular weight excluding hydrogens is 308 g/mol. The van der Waals surface area contributed by atoms with Crippen LogP contribution in [0.15, 0.2) is 35.7 Å². The van der Waals surface area contributed by atoms with Crippen molar-refractivity contribution in [3.63, 3.8) is 0 Å². The Morgan fingerprint density at radius 1 is 1.29 bits per heavy atom. The summed E-state index contributed by atoms with van der Waals surface area (Å²) in [5.41, 5.74) is 1.55. The van der Waals surface area contributed by atoms with Gasteiger partial charge in [0.2, 0.25) is 5.91 Å². The minimum Gasteiger partial charge on any atom is -0.340 e. The Bertz CT molecular complexity index is 656. The van der Waals surface area contributed by atoms with Gasteiger partial charge < -0.3 is 10.6 Å². The molecule has 0 bridgehead atoms. The minimum absolute atomic E-state index is 0.250. The number of aryl methyl sites for hydroxylation is 1. The van der Waals surface area contributed by atoms with Gasteiger partial charge in [0.15, 0.2) is 0 Å². The van der Waals surface area contributed by atoms with Gasteiger partial charge >= 0.3 is 0 Å². The monoisotopic (exact) mass is 322 g/mol. The molecule has 0 aliphatic carbocycles. The van der Waals surface area contributed by atoms with Crippen LogP contribution in [0.25, 0.3) is 0 Å². The largest absolute Gasteiger partial charge is 0.340 e. The number of rotatable bonds is 4. The lowest BCUT2D eigenvalue weighted by Crippen LogP contribution is -2.41. The van der Waals surface area contributed by atoms with Crippen LogP contribution in [0.4, 0.5) is 5.69 Å². The van der Waals surface area contributed by atoms with Crippen LogP contribution in [0.2, 0.25) is 5.02 Å². The van der Waals surface area contributed by atoms with Crippen LogP contribution in [-0.2, 0) is 4.79 Å². The van der Waals surface area contributed by atoms with Gasteiger partial charge in [-0.3, -0.25) is 9.59 Å². The lowest BCUT2D eigenvalue weighted by atomic mass is 10.2. The molecule has 110 valence electrons. The molecule has 1 aromatic carbocycles. The number of anilines is 1. The highest BCUT2D eigenvalue weighted by Crippen LogP contribution is 2.19. The van der Waals surface area contributed by atoms with E-state index in [1.807, 2.05) is 12.3 Å². The molecule has 0 radical (unpaired) electrons. The van der Waals surface area contributed by atoms with E-state index >= 15 is 0 Å². The van der Waals surface area contributed by atoms with E-state index in [-0.39, 0.29) is 11.8 Å². The Hall–Kier alpha value is -1.85. The molecule has 0 saturated carbocycles. The third-order valence-corrected chi connectivity index (χ3v) is 4.04. The van der Waals surface area contributed by atoms with E-state index in [2.05, 4.69) is 10.6 Å². The molecule has 21 heavy (non-hydrogen) atoms. The van der Waals surface area contributed by atoms with Crippen molar-refractivity contribution in [2.75, 3.05) is 5.32 Å². The van der Waals surface area contributed by atoms with Gasteiger partial charge in [0, 0.05) is 10.7 Å². The molecule has 0 aliphatic rings. The smallest absolute Gasteiger partial charge is 0.261 e. The van der Waals surface area contributed by atoms with E-state index < -0.39 is 6.04 Å². The molecular formula is C15H15ClN2O2S. The first-order valence-electron chi connectivity index (χ1n) is 6.39. The Morgan fingerprint density at radius 2 is 2.05 bits per heavy atom. The number of nitrogens with one attached hydrogen (secondary N) is 2. The molecule has 1 atom stereocenters. The molecule has 1 unspecified atom stereocenters. The van der Waals surface area contributed by atoms with E-state index in [4.69, 9.17) is 11.6 Å². The Morgan fingerprint density at radius 3 is 2.67 bits per heavy atom. The number of thiophene rings is 1. The quantitative estimate of drug-likeness (QED) is 0.905. The molecule has 6 heteroatoms. The summed E-state index contributed by atoms with van der Waals surface area (Å²) in [5, 5.41) is 7.88. The van der Waals surface area contributed by atoms with E-state index in [0.717, 1.165) is 5.56 Å². The van der Waals surface area contributed by atoms with E-state index in [1.54, 1.807) is 37.3 Å². The first kappa shape index (κ1) is 15.5. The fraction of sp³-hybridized carbons (Fsp3) is 0.200. The van der Waals surface area contributed by atoms with Crippen molar-refractivity contribution in [3.8, 4) is 0 Å². The molecule has 1 aromatic heterocycles. The van der Waals surface area contributed by atoms with Crippen molar-refractivity contribution in [3.05, 3.63) is 51.2 Å². The summed E-state index contributed by atoms with van der Waals surface area (Å²) in [6.07, 6.45) is 0. The normalized spacial score (nSPS) is 11.8. The lowest BCUT2D eigenvalue weighted by molar-refractivity contribution is -0.117. The molecule has 0 fully saturated rings. The summed E-state index contributed by atoms with van der Waals surface area (Å²) in [6, 6.07) is 8.10. The zero-order valence-electron chi connectivity index (χ0n) is 11.6. The van der Waals surface area contributed by atoms with Crippen LogP contribution in [0.1, 0.15) is 22.2 Å². The number of hydrogen-bond donors (Lipinski definition) is 2. The van der Waals surface area contributed by atoms with E-state index in [0.29, 0.717) is 15.6 Å². The second kappa shape index (κ2) is 6.74. The zero-order valence-corrected chi connectivity index (χ0v) is 13.2.